The van der Waals surface area contributed by atoms with Crippen LogP contribution in [0, 0.1) is 0 Å². The molecule has 1 aromatic carbocycles. The van der Waals surface area contributed by atoms with E-state index in [0.717, 1.165) is 0 Å². The number of rotatable bonds is 6. The molecule has 14 heavy (non-hydrogen) atoms. The third-order valence-corrected chi connectivity index (χ3v) is 1.64. The highest BCUT2D eigenvalue weighted by Crippen LogP contribution is 2.19. The van der Waals surface area contributed by atoms with Gasteiger partial charge in [-0.05, 0) is 12.1 Å². The zero-order valence-electron chi connectivity index (χ0n) is 8.11. The topological polar surface area (TPSA) is 44.5 Å². The first kappa shape index (κ1) is 10.6. The van der Waals surface area contributed by atoms with E-state index < -0.39 is 0 Å². The largest absolute Gasteiger partial charge is 0.489 e. The van der Waals surface area contributed by atoms with E-state index in [9.17, 15) is 0 Å². The van der Waals surface area contributed by atoms with Crippen molar-refractivity contribution in [3.63, 3.8) is 0 Å². The van der Waals surface area contributed by atoms with Gasteiger partial charge in [-0.3, -0.25) is 0 Å². The SMILES string of the molecule is C=CCOCCOc1ccccc1N. The van der Waals surface area contributed by atoms with E-state index in [2.05, 4.69) is 6.58 Å². The number of ether oxygens (including phenoxy) is 2. The Bertz CT molecular complexity index is 286. The van der Waals surface area contributed by atoms with Crippen molar-refractivity contribution in [2.45, 2.75) is 0 Å². The second-order valence-electron chi connectivity index (χ2n) is 2.75. The maximum Gasteiger partial charge on any atom is 0.142 e. The minimum atomic E-state index is 0.502. The molecule has 0 unspecified atom stereocenters. The maximum absolute atomic E-state index is 5.68. The molecule has 1 rings (SSSR count). The fraction of sp³-hybridized carbons (Fsp3) is 0.273. The van der Waals surface area contributed by atoms with Gasteiger partial charge >= 0.3 is 0 Å². The first-order chi connectivity index (χ1) is 6.84. The predicted molar refractivity (Wildman–Crippen MR) is 57.4 cm³/mol. The summed E-state index contributed by atoms with van der Waals surface area (Å²) in [7, 11) is 0. The molecule has 0 aliphatic carbocycles. The number of para-hydroxylation sites is 2. The van der Waals surface area contributed by atoms with Gasteiger partial charge in [0.15, 0.2) is 0 Å². The Morgan fingerprint density at radius 3 is 2.79 bits per heavy atom. The summed E-state index contributed by atoms with van der Waals surface area (Å²) in [6.07, 6.45) is 1.71. The van der Waals surface area contributed by atoms with Crippen LogP contribution >= 0.6 is 0 Å². The Morgan fingerprint density at radius 1 is 1.29 bits per heavy atom. The Hall–Kier alpha value is -1.48. The fourth-order valence-corrected chi connectivity index (χ4v) is 0.989. The number of hydrogen-bond donors (Lipinski definition) is 1. The molecule has 0 aliphatic rings. The minimum Gasteiger partial charge on any atom is -0.489 e. The molecule has 76 valence electrons. The third-order valence-electron chi connectivity index (χ3n) is 1.64. The van der Waals surface area contributed by atoms with Crippen LogP contribution in [-0.2, 0) is 4.74 Å². The zero-order valence-corrected chi connectivity index (χ0v) is 8.11. The van der Waals surface area contributed by atoms with Crippen LogP contribution in [0.2, 0.25) is 0 Å². The van der Waals surface area contributed by atoms with E-state index in [1.165, 1.54) is 0 Å². The lowest BCUT2D eigenvalue weighted by atomic mass is 10.3. The van der Waals surface area contributed by atoms with Crippen LogP contribution in [0.15, 0.2) is 36.9 Å². The lowest BCUT2D eigenvalue weighted by molar-refractivity contribution is 0.121. The summed E-state index contributed by atoms with van der Waals surface area (Å²) in [5, 5.41) is 0. The number of nitrogen functional groups attached to an aromatic ring is 1. The van der Waals surface area contributed by atoms with E-state index >= 15 is 0 Å². The van der Waals surface area contributed by atoms with Crippen molar-refractivity contribution in [1.29, 1.82) is 0 Å². The highest BCUT2D eigenvalue weighted by Gasteiger charge is 1.96. The van der Waals surface area contributed by atoms with E-state index in [1.54, 1.807) is 12.1 Å². The Labute approximate surface area is 84.1 Å². The minimum absolute atomic E-state index is 0.502. The molecule has 3 heteroatoms. The standard InChI is InChI=1S/C11H15NO2/c1-2-7-13-8-9-14-11-6-4-3-5-10(11)12/h2-6H,1,7-9,12H2. The molecule has 1 aromatic rings. The second kappa shape index (κ2) is 6.05. The molecule has 0 heterocycles. The fourth-order valence-electron chi connectivity index (χ4n) is 0.989. The van der Waals surface area contributed by atoms with Crippen molar-refractivity contribution in [2.24, 2.45) is 0 Å². The molecule has 0 aromatic heterocycles. The van der Waals surface area contributed by atoms with E-state index in [1.807, 2.05) is 18.2 Å². The molecule has 3 nitrogen and oxygen atoms in total. The Balaban J connectivity index is 2.24. The van der Waals surface area contributed by atoms with Gasteiger partial charge in [0.25, 0.3) is 0 Å². The van der Waals surface area contributed by atoms with E-state index in [4.69, 9.17) is 15.2 Å². The summed E-state index contributed by atoms with van der Waals surface area (Å²) in [5.41, 5.74) is 6.33. The van der Waals surface area contributed by atoms with Gasteiger partial charge in [0.2, 0.25) is 0 Å². The summed E-state index contributed by atoms with van der Waals surface area (Å²) in [6, 6.07) is 7.40. The smallest absolute Gasteiger partial charge is 0.142 e. The first-order valence-corrected chi connectivity index (χ1v) is 4.50. The van der Waals surface area contributed by atoms with Gasteiger partial charge in [-0.25, -0.2) is 0 Å². The van der Waals surface area contributed by atoms with Crippen LogP contribution in [0.4, 0.5) is 5.69 Å². The summed E-state index contributed by atoms with van der Waals surface area (Å²) in [4.78, 5) is 0. The molecule has 0 saturated carbocycles. The van der Waals surface area contributed by atoms with Crippen LogP contribution < -0.4 is 10.5 Å². The van der Waals surface area contributed by atoms with Crippen LogP contribution in [0.3, 0.4) is 0 Å². The highest BCUT2D eigenvalue weighted by atomic mass is 16.5. The zero-order chi connectivity index (χ0) is 10.2. The van der Waals surface area contributed by atoms with Gasteiger partial charge in [0.05, 0.1) is 18.9 Å². The third kappa shape index (κ3) is 3.49. The lowest BCUT2D eigenvalue weighted by Gasteiger charge is -2.07. The van der Waals surface area contributed by atoms with Gasteiger partial charge in [0, 0.05) is 0 Å². The molecule has 0 amide bonds. The van der Waals surface area contributed by atoms with Crippen molar-refractivity contribution < 1.29 is 9.47 Å². The quantitative estimate of drug-likeness (QED) is 0.426. The molecule has 0 aliphatic heterocycles. The summed E-state index contributed by atoms with van der Waals surface area (Å²) in [5.74, 6) is 0.703. The highest BCUT2D eigenvalue weighted by molar-refractivity contribution is 5.51. The second-order valence-corrected chi connectivity index (χ2v) is 2.75. The molecule has 0 saturated heterocycles. The van der Waals surface area contributed by atoms with Crippen molar-refractivity contribution >= 4 is 5.69 Å². The normalized spacial score (nSPS) is 9.71. The van der Waals surface area contributed by atoms with Gasteiger partial charge in [0.1, 0.15) is 12.4 Å². The summed E-state index contributed by atoms with van der Waals surface area (Å²) < 4.78 is 10.6. The van der Waals surface area contributed by atoms with Crippen molar-refractivity contribution in [3.8, 4) is 5.75 Å². The average Bonchev–Trinajstić information content (AvgIpc) is 2.20. The molecule has 0 spiro atoms. The van der Waals surface area contributed by atoms with Crippen LogP contribution in [0.25, 0.3) is 0 Å². The monoisotopic (exact) mass is 193 g/mol. The number of benzene rings is 1. The molecule has 0 radical (unpaired) electrons. The summed E-state index contributed by atoms with van der Waals surface area (Å²) >= 11 is 0. The molecule has 0 atom stereocenters. The molecule has 0 fully saturated rings. The van der Waals surface area contributed by atoms with Crippen molar-refractivity contribution in [3.05, 3.63) is 36.9 Å². The van der Waals surface area contributed by atoms with Gasteiger partial charge in [-0.15, -0.1) is 6.58 Å². The van der Waals surface area contributed by atoms with Crippen molar-refractivity contribution in [1.82, 2.24) is 0 Å². The molecule has 0 bridgehead atoms. The van der Waals surface area contributed by atoms with Crippen LogP contribution in [0.5, 0.6) is 5.75 Å². The predicted octanol–water partition coefficient (Wildman–Crippen LogP) is 1.85. The van der Waals surface area contributed by atoms with Gasteiger partial charge in [-0.1, -0.05) is 18.2 Å². The van der Waals surface area contributed by atoms with Crippen molar-refractivity contribution in [2.75, 3.05) is 25.6 Å². The lowest BCUT2D eigenvalue weighted by Crippen LogP contribution is -2.07. The van der Waals surface area contributed by atoms with Gasteiger partial charge < -0.3 is 15.2 Å². The molecular formula is C11H15NO2. The number of anilines is 1. The Kier molecular flexibility index (Phi) is 4.58. The summed E-state index contributed by atoms with van der Waals surface area (Å²) in [6.45, 7) is 5.14. The number of hydrogen-bond acceptors (Lipinski definition) is 3. The average molecular weight is 193 g/mol. The first-order valence-electron chi connectivity index (χ1n) is 4.50. The molecule has 2 N–H and O–H groups in total. The van der Waals surface area contributed by atoms with Crippen LogP contribution in [0.1, 0.15) is 0 Å². The van der Waals surface area contributed by atoms with E-state index in [0.29, 0.717) is 31.3 Å². The Morgan fingerprint density at radius 2 is 2.07 bits per heavy atom. The maximum atomic E-state index is 5.68. The van der Waals surface area contributed by atoms with Crippen LogP contribution in [-0.4, -0.2) is 19.8 Å². The number of nitrogens with two attached hydrogens (primary N) is 1. The van der Waals surface area contributed by atoms with E-state index in [-0.39, 0.29) is 0 Å². The molecular weight excluding hydrogens is 178 g/mol. The van der Waals surface area contributed by atoms with Gasteiger partial charge in [-0.2, -0.15) is 0 Å².